The number of benzene rings is 2. The number of nitrogens with zero attached hydrogens (tertiary/aromatic N) is 3. The van der Waals surface area contributed by atoms with Gasteiger partial charge in [0.2, 0.25) is 11.8 Å². The summed E-state index contributed by atoms with van der Waals surface area (Å²) in [6, 6.07) is 12.5. The second-order valence-corrected chi connectivity index (χ2v) is 11.6. The average molecular weight is 516 g/mol. The molecule has 2 aromatic rings. The molecule has 3 aliphatic heterocycles. The van der Waals surface area contributed by atoms with Gasteiger partial charge in [0.1, 0.15) is 11.9 Å². The molecule has 0 radical (unpaired) electrons. The highest BCUT2D eigenvalue weighted by molar-refractivity contribution is 6.08. The van der Waals surface area contributed by atoms with Gasteiger partial charge < -0.3 is 20.4 Å². The van der Waals surface area contributed by atoms with E-state index in [1.165, 1.54) is 6.07 Å². The maximum atomic E-state index is 15.3. The Morgan fingerprint density at radius 1 is 1.24 bits per heavy atom. The summed E-state index contributed by atoms with van der Waals surface area (Å²) in [4.78, 5) is 30.1. The van der Waals surface area contributed by atoms with Gasteiger partial charge in [-0.05, 0) is 92.1 Å². The van der Waals surface area contributed by atoms with E-state index in [9.17, 15) is 14.9 Å². The molecule has 1 spiro atoms. The molecule has 7 nitrogen and oxygen atoms in total. The van der Waals surface area contributed by atoms with Crippen LogP contribution >= 0.6 is 0 Å². The van der Waals surface area contributed by atoms with Crippen LogP contribution in [0, 0.1) is 23.1 Å². The minimum atomic E-state index is -0.798. The maximum Gasteiger partial charge on any atom is 0.238 e. The van der Waals surface area contributed by atoms with E-state index in [1.54, 1.807) is 11.0 Å². The van der Waals surface area contributed by atoms with E-state index in [2.05, 4.69) is 28.7 Å². The fourth-order valence-electron chi connectivity index (χ4n) is 7.25. The maximum absolute atomic E-state index is 15.3. The monoisotopic (exact) mass is 515 g/mol. The van der Waals surface area contributed by atoms with Crippen molar-refractivity contribution < 1.29 is 14.0 Å². The number of rotatable bonds is 5. The van der Waals surface area contributed by atoms with Crippen molar-refractivity contribution in [3.05, 3.63) is 53.3 Å². The van der Waals surface area contributed by atoms with Crippen molar-refractivity contribution in [2.75, 3.05) is 32.1 Å². The van der Waals surface area contributed by atoms with Gasteiger partial charge >= 0.3 is 0 Å². The number of likely N-dealkylation sites (tertiary alicyclic amines) is 1. The molecule has 38 heavy (non-hydrogen) atoms. The van der Waals surface area contributed by atoms with Crippen LogP contribution in [-0.2, 0) is 21.4 Å². The number of hydrogen-bond donors (Lipinski definition) is 2. The largest absolute Gasteiger partial charge is 0.339 e. The minimum Gasteiger partial charge on any atom is -0.339 e. The lowest BCUT2D eigenvalue weighted by Crippen LogP contribution is -2.50. The number of carbonyl (C=O) groups is 2. The van der Waals surface area contributed by atoms with E-state index in [1.807, 2.05) is 31.3 Å². The molecule has 8 heteroatoms. The molecule has 2 bridgehead atoms. The molecule has 2 saturated heterocycles. The summed E-state index contributed by atoms with van der Waals surface area (Å²) in [5, 5.41) is 15.8. The summed E-state index contributed by atoms with van der Waals surface area (Å²) in [5.41, 5.74) is 3.35. The van der Waals surface area contributed by atoms with Gasteiger partial charge in [0.25, 0.3) is 0 Å². The molecule has 6 rings (SSSR count). The summed E-state index contributed by atoms with van der Waals surface area (Å²) >= 11 is 0. The molecule has 1 unspecified atom stereocenters. The van der Waals surface area contributed by atoms with Gasteiger partial charge in [0.15, 0.2) is 0 Å². The second-order valence-electron chi connectivity index (χ2n) is 11.6. The quantitative estimate of drug-likeness (QED) is 0.639. The van der Waals surface area contributed by atoms with Crippen molar-refractivity contribution in [3.8, 4) is 17.2 Å². The second kappa shape index (κ2) is 9.48. The number of nitrogens with one attached hydrogen (secondary N) is 2. The fraction of sp³-hybridized carbons (Fsp3) is 0.500. The van der Waals surface area contributed by atoms with Crippen molar-refractivity contribution in [3.63, 3.8) is 0 Å². The number of fused-ring (bicyclic) bond motifs is 4. The Balaban J connectivity index is 1.21. The number of halogens is 1. The van der Waals surface area contributed by atoms with Crippen LogP contribution in [0.4, 0.5) is 10.1 Å². The Hall–Kier alpha value is -3.28. The lowest BCUT2D eigenvalue weighted by atomic mass is 9.74. The summed E-state index contributed by atoms with van der Waals surface area (Å²) in [5.74, 6) is -0.120. The van der Waals surface area contributed by atoms with Crippen molar-refractivity contribution in [1.29, 1.82) is 5.26 Å². The van der Waals surface area contributed by atoms with E-state index in [4.69, 9.17) is 0 Å². The van der Waals surface area contributed by atoms with Crippen LogP contribution in [0.5, 0.6) is 0 Å². The Kier molecular flexibility index (Phi) is 6.24. The molecule has 2 aromatic carbocycles. The first-order chi connectivity index (χ1) is 18.3. The Morgan fingerprint density at radius 3 is 2.71 bits per heavy atom. The van der Waals surface area contributed by atoms with Gasteiger partial charge in [-0.25, -0.2) is 4.39 Å². The van der Waals surface area contributed by atoms with E-state index in [-0.39, 0.29) is 24.3 Å². The molecular weight excluding hydrogens is 481 g/mol. The van der Waals surface area contributed by atoms with E-state index in [0.29, 0.717) is 24.1 Å². The summed E-state index contributed by atoms with van der Waals surface area (Å²) < 4.78 is 15.3. The molecule has 2 N–H and O–H groups in total. The first-order valence-corrected chi connectivity index (χ1v) is 13.6. The number of likely N-dealkylation sites (N-methyl/N-ethyl adjacent to an activating group) is 2. The van der Waals surface area contributed by atoms with E-state index >= 15 is 4.39 Å². The third kappa shape index (κ3) is 4.09. The highest BCUT2D eigenvalue weighted by Crippen LogP contribution is 2.47. The van der Waals surface area contributed by atoms with Crippen LogP contribution in [0.1, 0.15) is 43.2 Å². The topological polar surface area (TPSA) is 88.5 Å². The highest BCUT2D eigenvalue weighted by atomic mass is 19.1. The summed E-state index contributed by atoms with van der Waals surface area (Å²) in [6.07, 6.45) is 5.02. The smallest absolute Gasteiger partial charge is 0.238 e. The van der Waals surface area contributed by atoms with Crippen LogP contribution in [0.25, 0.3) is 11.1 Å². The van der Waals surface area contributed by atoms with Gasteiger partial charge in [-0.2, -0.15) is 5.26 Å². The molecular formula is C30H34FN5O2. The lowest BCUT2D eigenvalue weighted by molar-refractivity contribution is -0.125. The third-order valence-electron chi connectivity index (χ3n) is 9.20. The van der Waals surface area contributed by atoms with Gasteiger partial charge in [-0.1, -0.05) is 18.2 Å². The van der Waals surface area contributed by atoms with Crippen molar-refractivity contribution in [1.82, 2.24) is 15.5 Å². The van der Waals surface area contributed by atoms with Gasteiger partial charge in [0, 0.05) is 31.7 Å². The van der Waals surface area contributed by atoms with Crippen molar-refractivity contribution in [2.45, 2.75) is 62.1 Å². The fourth-order valence-corrected chi connectivity index (χ4v) is 7.25. The van der Waals surface area contributed by atoms with Gasteiger partial charge in [-0.3, -0.25) is 9.59 Å². The first-order valence-electron chi connectivity index (χ1n) is 13.6. The zero-order chi connectivity index (χ0) is 26.6. The summed E-state index contributed by atoms with van der Waals surface area (Å²) in [6.45, 7) is 1.65. The highest BCUT2D eigenvalue weighted by Gasteiger charge is 2.51. The van der Waals surface area contributed by atoms with Gasteiger partial charge in [0.05, 0.1) is 17.5 Å². The molecule has 0 aromatic heterocycles. The van der Waals surface area contributed by atoms with Crippen LogP contribution in [-0.4, -0.2) is 62.0 Å². The summed E-state index contributed by atoms with van der Waals surface area (Å²) in [7, 11) is 3.88. The zero-order valence-electron chi connectivity index (χ0n) is 22.0. The van der Waals surface area contributed by atoms with Crippen LogP contribution in [0.3, 0.4) is 0 Å². The molecule has 4 aliphatic rings. The number of nitriles is 1. The molecule has 3 fully saturated rings. The lowest BCUT2D eigenvalue weighted by Gasteiger charge is -2.37. The van der Waals surface area contributed by atoms with Crippen LogP contribution < -0.4 is 15.5 Å². The van der Waals surface area contributed by atoms with E-state index < -0.39 is 17.3 Å². The molecule has 3 heterocycles. The predicted molar refractivity (Wildman–Crippen MR) is 143 cm³/mol. The Morgan fingerprint density at radius 2 is 2.03 bits per heavy atom. The Labute approximate surface area is 223 Å². The zero-order valence-corrected chi connectivity index (χ0v) is 22.0. The van der Waals surface area contributed by atoms with Gasteiger partial charge in [-0.15, -0.1) is 0 Å². The number of anilines is 1. The standard InChI is InChI=1S/C30H34FN5O2/c1-35-11-3-10-30(17-35)24-14-18(7-9-26(24)36(2)29(30)38)19-4-5-20(25(31)15-19)12-23(16-32)34-28(37)27-21-6-8-22(13-21)33-27/h4-5,7,9,14-15,21-23,27,33H,3,6,8,10-13,17H2,1-2H3,(H,34,37)/t21-,22+,23-,27-,30?/m0/s1. The molecule has 1 saturated carbocycles. The molecule has 1 aliphatic carbocycles. The van der Waals surface area contributed by atoms with Crippen LogP contribution in [0.15, 0.2) is 36.4 Å². The minimum absolute atomic E-state index is 0.105. The Bertz CT molecular complexity index is 1340. The number of carbonyl (C=O) groups excluding carboxylic acids is 2. The number of piperidine rings is 2. The molecule has 5 atom stereocenters. The number of amides is 2. The first kappa shape index (κ1) is 25.0. The molecule has 198 valence electrons. The van der Waals surface area contributed by atoms with Crippen molar-refractivity contribution >= 4 is 17.5 Å². The number of hydrogen-bond acceptors (Lipinski definition) is 5. The predicted octanol–water partition coefficient (Wildman–Crippen LogP) is 3.12. The van der Waals surface area contributed by atoms with Crippen molar-refractivity contribution in [2.24, 2.45) is 5.92 Å². The SMILES string of the molecule is CN1CCCC2(C1)C(=O)N(C)c1ccc(-c3ccc(C[C@@H](C#N)NC(=O)[C@H]4N[C@@H]5CC[C@H]4C5)c(F)c3)cc12. The molecule has 2 amide bonds. The normalized spacial score (nSPS) is 28.9. The van der Waals surface area contributed by atoms with Crippen LogP contribution in [0.2, 0.25) is 0 Å². The average Bonchev–Trinajstić information content (AvgIpc) is 3.60. The third-order valence-corrected chi connectivity index (χ3v) is 9.20. The van der Waals surface area contributed by atoms with E-state index in [0.717, 1.165) is 61.0 Å².